The molecule has 21 heavy (non-hydrogen) atoms. The van der Waals surface area contributed by atoms with Crippen molar-refractivity contribution in [2.75, 3.05) is 14.2 Å². The predicted molar refractivity (Wildman–Crippen MR) is 76.6 cm³/mol. The van der Waals surface area contributed by atoms with E-state index in [9.17, 15) is 9.59 Å². The van der Waals surface area contributed by atoms with E-state index in [-0.39, 0.29) is 29.7 Å². The van der Waals surface area contributed by atoms with Crippen molar-refractivity contribution in [1.82, 2.24) is 0 Å². The zero-order valence-corrected chi connectivity index (χ0v) is 12.2. The van der Waals surface area contributed by atoms with Crippen LogP contribution in [0.2, 0.25) is 0 Å². The zero-order chi connectivity index (χ0) is 15.0. The summed E-state index contributed by atoms with van der Waals surface area (Å²) in [5.41, 5.74) is 2.97. The number of hydrogen-bond donors (Lipinski definition) is 0. The molecular formula is C17H18O4. The van der Waals surface area contributed by atoms with Crippen LogP contribution in [0.5, 0.6) is 0 Å². The van der Waals surface area contributed by atoms with Crippen molar-refractivity contribution >= 4 is 11.9 Å². The van der Waals surface area contributed by atoms with E-state index in [0.717, 1.165) is 18.4 Å². The van der Waals surface area contributed by atoms with Gasteiger partial charge in [-0.05, 0) is 29.9 Å². The number of ether oxygens (including phenoxy) is 2. The van der Waals surface area contributed by atoms with Gasteiger partial charge in [0, 0.05) is 11.5 Å². The van der Waals surface area contributed by atoms with Gasteiger partial charge in [0.1, 0.15) is 0 Å². The lowest BCUT2D eigenvalue weighted by atomic mass is 9.72. The van der Waals surface area contributed by atoms with Crippen LogP contribution in [0.3, 0.4) is 0 Å². The van der Waals surface area contributed by atoms with Crippen LogP contribution < -0.4 is 0 Å². The molecule has 0 heterocycles. The molecule has 0 unspecified atom stereocenters. The van der Waals surface area contributed by atoms with Crippen molar-refractivity contribution in [3.8, 4) is 0 Å². The summed E-state index contributed by atoms with van der Waals surface area (Å²) in [7, 11) is 2.76. The molecule has 0 amide bonds. The van der Waals surface area contributed by atoms with Gasteiger partial charge in [0.05, 0.1) is 20.1 Å². The lowest BCUT2D eigenvalue weighted by molar-refractivity contribution is -0.145. The molecule has 0 aliphatic heterocycles. The van der Waals surface area contributed by atoms with Gasteiger partial charge < -0.3 is 9.47 Å². The smallest absolute Gasteiger partial charge is 0.334 e. The molecule has 0 aromatic heterocycles. The maximum atomic E-state index is 12.1. The Balaban J connectivity index is 2.07. The fourth-order valence-electron chi connectivity index (χ4n) is 3.68. The summed E-state index contributed by atoms with van der Waals surface area (Å²) in [6.07, 6.45) is 3.54. The average Bonchev–Trinajstić information content (AvgIpc) is 2.93. The monoisotopic (exact) mass is 286 g/mol. The maximum absolute atomic E-state index is 12.1. The molecule has 1 aromatic carbocycles. The Bertz CT molecular complexity index is 617. The van der Waals surface area contributed by atoms with Gasteiger partial charge in [-0.25, -0.2) is 4.79 Å². The molecule has 3 rings (SSSR count). The SMILES string of the molecule is COC(=O)C1=C[C@@H](C(=O)OC)[C@@H]2CCc3ccccc3[C@H]12. The zero-order valence-electron chi connectivity index (χ0n) is 12.2. The molecule has 0 fully saturated rings. The van der Waals surface area contributed by atoms with E-state index in [2.05, 4.69) is 6.07 Å². The van der Waals surface area contributed by atoms with Crippen LogP contribution in [0.25, 0.3) is 0 Å². The number of hydrogen-bond acceptors (Lipinski definition) is 4. The second-order valence-corrected chi connectivity index (χ2v) is 5.54. The molecule has 2 aliphatic carbocycles. The summed E-state index contributed by atoms with van der Waals surface area (Å²) >= 11 is 0. The predicted octanol–water partition coefficient (Wildman–Crippen LogP) is 2.23. The highest BCUT2D eigenvalue weighted by Gasteiger charge is 2.46. The van der Waals surface area contributed by atoms with E-state index in [1.54, 1.807) is 6.08 Å². The fourth-order valence-corrected chi connectivity index (χ4v) is 3.68. The summed E-state index contributed by atoms with van der Waals surface area (Å²) < 4.78 is 9.80. The van der Waals surface area contributed by atoms with E-state index in [0.29, 0.717) is 5.57 Å². The van der Waals surface area contributed by atoms with E-state index in [1.165, 1.54) is 19.8 Å². The molecule has 110 valence electrons. The third kappa shape index (κ3) is 2.15. The van der Waals surface area contributed by atoms with Gasteiger partial charge in [-0.1, -0.05) is 30.3 Å². The second kappa shape index (κ2) is 5.35. The lowest BCUT2D eigenvalue weighted by Crippen LogP contribution is -2.28. The van der Waals surface area contributed by atoms with Gasteiger partial charge in [-0.3, -0.25) is 4.79 Å². The van der Waals surface area contributed by atoms with Crippen LogP contribution in [-0.2, 0) is 25.5 Å². The highest BCUT2D eigenvalue weighted by atomic mass is 16.5. The van der Waals surface area contributed by atoms with Crippen molar-refractivity contribution < 1.29 is 19.1 Å². The first-order valence-corrected chi connectivity index (χ1v) is 7.13. The fraction of sp³-hybridized carbons (Fsp3) is 0.412. The third-order valence-electron chi connectivity index (χ3n) is 4.62. The molecule has 0 spiro atoms. The second-order valence-electron chi connectivity index (χ2n) is 5.54. The van der Waals surface area contributed by atoms with Crippen LogP contribution in [0.15, 0.2) is 35.9 Å². The normalized spacial score (nSPS) is 26.4. The van der Waals surface area contributed by atoms with Crippen LogP contribution in [0, 0.1) is 11.8 Å². The summed E-state index contributed by atoms with van der Waals surface area (Å²) in [6.45, 7) is 0. The van der Waals surface area contributed by atoms with E-state index in [1.807, 2.05) is 18.2 Å². The number of aryl methyl sites for hydroxylation is 1. The first kappa shape index (κ1) is 13.9. The molecule has 2 aliphatic rings. The minimum absolute atomic E-state index is 0.0634. The number of methoxy groups -OCH3 is 2. The lowest BCUT2D eigenvalue weighted by Gasteiger charge is -2.32. The van der Waals surface area contributed by atoms with Crippen molar-refractivity contribution in [2.24, 2.45) is 11.8 Å². The topological polar surface area (TPSA) is 52.6 Å². The van der Waals surface area contributed by atoms with Gasteiger partial charge >= 0.3 is 11.9 Å². The van der Waals surface area contributed by atoms with Crippen molar-refractivity contribution in [1.29, 1.82) is 0 Å². The van der Waals surface area contributed by atoms with Crippen LogP contribution in [-0.4, -0.2) is 26.2 Å². The summed E-state index contributed by atoms with van der Waals surface area (Å²) in [4.78, 5) is 24.1. The quantitative estimate of drug-likeness (QED) is 0.782. The summed E-state index contributed by atoms with van der Waals surface area (Å²) in [5, 5.41) is 0. The minimum atomic E-state index is -0.359. The Hall–Kier alpha value is -2.10. The van der Waals surface area contributed by atoms with Gasteiger partial charge in [-0.2, -0.15) is 0 Å². The molecule has 3 atom stereocenters. The number of esters is 2. The standard InChI is InChI=1S/C17H18O4/c1-20-16(18)13-9-14(17(19)21-2)15-11-6-4-3-5-10(11)7-8-12(13)15/h3-6,9,12-13,15H,7-8H2,1-2H3/t12-,13+,15-/m0/s1. The van der Waals surface area contributed by atoms with Crippen molar-refractivity contribution in [3.05, 3.63) is 47.0 Å². The minimum Gasteiger partial charge on any atom is -0.469 e. The first-order valence-electron chi connectivity index (χ1n) is 7.13. The molecule has 0 bridgehead atoms. The molecule has 0 saturated heterocycles. The average molecular weight is 286 g/mol. The molecule has 0 radical (unpaired) electrons. The first-order chi connectivity index (χ1) is 10.2. The van der Waals surface area contributed by atoms with Crippen molar-refractivity contribution in [2.45, 2.75) is 18.8 Å². The Morgan fingerprint density at radius 2 is 1.90 bits per heavy atom. The number of carbonyl (C=O) groups excluding carboxylic acids is 2. The summed E-state index contributed by atoms with van der Waals surface area (Å²) in [5.74, 6) is -0.966. The summed E-state index contributed by atoms with van der Waals surface area (Å²) in [6, 6.07) is 8.11. The van der Waals surface area contributed by atoms with Gasteiger partial charge in [0.25, 0.3) is 0 Å². The molecular weight excluding hydrogens is 268 g/mol. The molecule has 4 heteroatoms. The third-order valence-corrected chi connectivity index (χ3v) is 4.62. The van der Waals surface area contributed by atoms with Gasteiger partial charge in [0.15, 0.2) is 0 Å². The largest absolute Gasteiger partial charge is 0.469 e. The Morgan fingerprint density at radius 1 is 1.14 bits per heavy atom. The number of benzene rings is 1. The highest BCUT2D eigenvalue weighted by Crippen LogP contribution is 2.50. The molecule has 0 saturated carbocycles. The maximum Gasteiger partial charge on any atom is 0.334 e. The highest BCUT2D eigenvalue weighted by molar-refractivity contribution is 5.93. The van der Waals surface area contributed by atoms with Gasteiger partial charge in [-0.15, -0.1) is 0 Å². The Kier molecular flexibility index (Phi) is 3.53. The van der Waals surface area contributed by atoms with E-state index in [4.69, 9.17) is 9.47 Å². The molecule has 1 aromatic rings. The van der Waals surface area contributed by atoms with Gasteiger partial charge in [0.2, 0.25) is 0 Å². The molecule has 4 nitrogen and oxygen atoms in total. The number of carbonyl (C=O) groups is 2. The van der Waals surface area contributed by atoms with Crippen molar-refractivity contribution in [3.63, 3.8) is 0 Å². The Labute approximate surface area is 123 Å². The van der Waals surface area contributed by atoms with E-state index < -0.39 is 0 Å². The Morgan fingerprint density at radius 3 is 2.62 bits per heavy atom. The van der Waals surface area contributed by atoms with Crippen LogP contribution >= 0.6 is 0 Å². The number of fused-ring (bicyclic) bond motifs is 3. The molecule has 0 N–H and O–H groups in total. The number of rotatable bonds is 2. The van der Waals surface area contributed by atoms with Crippen LogP contribution in [0.4, 0.5) is 0 Å². The van der Waals surface area contributed by atoms with Crippen LogP contribution in [0.1, 0.15) is 23.5 Å². The van der Waals surface area contributed by atoms with E-state index >= 15 is 0 Å².